The molecule has 42 heavy (non-hydrogen) atoms. The van der Waals surface area contributed by atoms with E-state index in [4.69, 9.17) is 43.1 Å². The zero-order chi connectivity index (χ0) is 32.3. The van der Waals surface area contributed by atoms with Crippen molar-refractivity contribution < 1.29 is 85.9 Å². The van der Waals surface area contributed by atoms with Crippen LogP contribution in [0.15, 0.2) is 0 Å². The molecule has 0 aliphatic heterocycles. The molecule has 21 heteroatoms. The van der Waals surface area contributed by atoms with Gasteiger partial charge in [-0.1, -0.05) is 20.8 Å². The SMILES string of the molecule is CCCOC1C(OCCC)C(OP(=O)(O)CC(=O)O)C(OP(=O)(O)CC(=O)O)C(OP(=O)(O)CC(=O)O)C1OCCC. The predicted molar refractivity (Wildman–Crippen MR) is 142 cm³/mol. The number of hydrogen-bond acceptors (Lipinski definition) is 12. The molecule has 0 heterocycles. The van der Waals surface area contributed by atoms with Gasteiger partial charge in [-0.15, -0.1) is 0 Å². The van der Waals surface area contributed by atoms with Crippen molar-refractivity contribution in [1.29, 1.82) is 0 Å². The zero-order valence-electron chi connectivity index (χ0n) is 23.3. The Bertz CT molecular complexity index is 993. The first-order chi connectivity index (χ1) is 19.4. The lowest BCUT2D eigenvalue weighted by Crippen LogP contribution is -2.67. The molecule has 0 bridgehead atoms. The minimum Gasteiger partial charge on any atom is -0.481 e. The first-order valence-electron chi connectivity index (χ1n) is 12.9. The molecule has 0 saturated heterocycles. The highest BCUT2D eigenvalue weighted by atomic mass is 31.2. The van der Waals surface area contributed by atoms with Gasteiger partial charge in [0.15, 0.2) is 0 Å². The third kappa shape index (κ3) is 13.2. The van der Waals surface area contributed by atoms with E-state index < -0.39 is 95.8 Å². The van der Waals surface area contributed by atoms with Crippen molar-refractivity contribution >= 4 is 40.7 Å². The summed E-state index contributed by atoms with van der Waals surface area (Å²) >= 11 is 0. The van der Waals surface area contributed by atoms with E-state index in [1.165, 1.54) is 0 Å². The van der Waals surface area contributed by atoms with E-state index in [1.54, 1.807) is 20.8 Å². The van der Waals surface area contributed by atoms with E-state index >= 15 is 0 Å². The van der Waals surface area contributed by atoms with Crippen molar-refractivity contribution in [3.05, 3.63) is 0 Å². The van der Waals surface area contributed by atoms with Crippen LogP contribution in [0.1, 0.15) is 40.0 Å². The number of carboxylic acids is 3. The Labute approximate surface area is 241 Å². The number of carbonyl (C=O) groups is 3. The monoisotopic (exact) mass is 672 g/mol. The smallest absolute Gasteiger partial charge is 0.339 e. The Balaban J connectivity index is 3.96. The van der Waals surface area contributed by atoms with E-state index in [2.05, 4.69) is 0 Å². The average Bonchev–Trinajstić information content (AvgIpc) is 2.80. The van der Waals surface area contributed by atoms with E-state index in [0.29, 0.717) is 19.3 Å². The Morgan fingerprint density at radius 2 is 0.714 bits per heavy atom. The number of ether oxygens (including phenoxy) is 3. The molecule has 0 spiro atoms. The summed E-state index contributed by atoms with van der Waals surface area (Å²) in [5.41, 5.74) is 0. The highest BCUT2D eigenvalue weighted by molar-refractivity contribution is 7.54. The number of rotatable bonds is 21. The molecule has 1 saturated carbocycles. The molecule has 246 valence electrons. The molecule has 0 amide bonds. The third-order valence-electron chi connectivity index (χ3n) is 5.35. The van der Waals surface area contributed by atoms with E-state index in [1.807, 2.05) is 0 Å². The normalized spacial score (nSPS) is 28.7. The zero-order valence-corrected chi connectivity index (χ0v) is 25.9. The Morgan fingerprint density at radius 1 is 0.500 bits per heavy atom. The summed E-state index contributed by atoms with van der Waals surface area (Å²) in [6, 6.07) is 0. The van der Waals surface area contributed by atoms with Crippen LogP contribution in [0, 0.1) is 0 Å². The van der Waals surface area contributed by atoms with E-state index in [0.717, 1.165) is 0 Å². The quantitative estimate of drug-likeness (QED) is 0.0938. The van der Waals surface area contributed by atoms with Crippen molar-refractivity contribution in [2.75, 3.05) is 38.3 Å². The Kier molecular flexibility index (Phi) is 16.0. The van der Waals surface area contributed by atoms with Crippen LogP contribution in [-0.2, 0) is 55.9 Å². The summed E-state index contributed by atoms with van der Waals surface area (Å²) in [6.45, 7) is 4.94. The average molecular weight is 672 g/mol. The third-order valence-corrected chi connectivity index (χ3v) is 9.08. The minimum absolute atomic E-state index is 0.0110. The Morgan fingerprint density at radius 3 is 0.929 bits per heavy atom. The molecule has 7 atom stereocenters. The number of carboxylic acid groups (broad SMARTS) is 3. The molecule has 0 aromatic carbocycles. The summed E-state index contributed by atoms with van der Waals surface area (Å²) in [7, 11) is -15.5. The second-order valence-electron chi connectivity index (χ2n) is 9.28. The lowest BCUT2D eigenvalue weighted by molar-refractivity contribution is -0.244. The van der Waals surface area contributed by atoms with Crippen LogP contribution in [0.2, 0.25) is 0 Å². The van der Waals surface area contributed by atoms with Crippen LogP contribution in [0.3, 0.4) is 0 Å². The van der Waals surface area contributed by atoms with Gasteiger partial charge in [-0.2, -0.15) is 0 Å². The highest BCUT2D eigenvalue weighted by Gasteiger charge is 2.59. The van der Waals surface area contributed by atoms with Gasteiger partial charge in [-0.3, -0.25) is 41.6 Å². The van der Waals surface area contributed by atoms with Crippen molar-refractivity contribution in [3.8, 4) is 0 Å². The molecule has 0 aromatic rings. The van der Waals surface area contributed by atoms with Crippen molar-refractivity contribution in [3.63, 3.8) is 0 Å². The van der Waals surface area contributed by atoms with Crippen molar-refractivity contribution in [2.45, 2.75) is 76.7 Å². The van der Waals surface area contributed by atoms with Gasteiger partial charge < -0.3 is 44.2 Å². The van der Waals surface area contributed by atoms with Gasteiger partial charge in [0.25, 0.3) is 0 Å². The van der Waals surface area contributed by atoms with Crippen LogP contribution in [0.25, 0.3) is 0 Å². The second-order valence-corrected chi connectivity index (χ2v) is 14.7. The van der Waals surface area contributed by atoms with Gasteiger partial charge in [0, 0.05) is 19.8 Å². The topological polar surface area (TPSA) is 279 Å². The van der Waals surface area contributed by atoms with Gasteiger partial charge >= 0.3 is 40.7 Å². The van der Waals surface area contributed by atoms with E-state index in [-0.39, 0.29) is 19.8 Å². The summed E-state index contributed by atoms with van der Waals surface area (Å²) < 4.78 is 71.7. The largest absolute Gasteiger partial charge is 0.481 e. The molecule has 0 aromatic heterocycles. The van der Waals surface area contributed by atoms with Crippen molar-refractivity contribution in [1.82, 2.24) is 0 Å². The van der Waals surface area contributed by atoms with Crippen LogP contribution in [0.4, 0.5) is 0 Å². The molecule has 6 N–H and O–H groups in total. The standard InChI is InChI=1S/C21H39O18P3/c1-4-7-34-16-17(35-8-5-2)19(37-40(28,29)10-13(22)23)21(39-42(32,33)12-15(26)27)20(18(16)36-9-6-3)38-41(30,31)11-14(24)25/h16-21H,4-12H2,1-3H3,(H,22,23)(H,24,25)(H,26,27)(H,28,29)(H,30,31)(H,32,33). The van der Waals surface area contributed by atoms with Crippen LogP contribution < -0.4 is 0 Å². The van der Waals surface area contributed by atoms with Crippen molar-refractivity contribution in [2.24, 2.45) is 0 Å². The molecule has 1 aliphatic carbocycles. The molecule has 1 fully saturated rings. The predicted octanol–water partition coefficient (Wildman–Crippen LogP) is 1.35. The molecular weight excluding hydrogens is 633 g/mol. The van der Waals surface area contributed by atoms with Gasteiger partial charge in [0.2, 0.25) is 0 Å². The first-order valence-corrected chi connectivity index (χ1v) is 18.2. The molecule has 1 rings (SSSR count). The molecule has 0 radical (unpaired) electrons. The summed E-state index contributed by atoms with van der Waals surface area (Å²) in [5.74, 6) is -5.34. The fourth-order valence-corrected chi connectivity index (χ4v) is 7.12. The molecule has 1 aliphatic rings. The maximum Gasteiger partial charge on any atom is 0.339 e. The highest BCUT2D eigenvalue weighted by Crippen LogP contribution is 2.54. The summed E-state index contributed by atoms with van der Waals surface area (Å²) in [6.07, 6.45) is -14.2. The number of aliphatic carboxylic acids is 3. The maximum atomic E-state index is 12.8. The van der Waals surface area contributed by atoms with Gasteiger partial charge in [-0.05, 0) is 19.3 Å². The second kappa shape index (κ2) is 17.3. The van der Waals surface area contributed by atoms with E-state index in [9.17, 15) is 42.8 Å². The minimum atomic E-state index is -5.21. The molecular formula is C21H39O18P3. The fourth-order valence-electron chi connectivity index (χ4n) is 4.01. The van der Waals surface area contributed by atoms with Crippen LogP contribution in [0.5, 0.6) is 0 Å². The lowest BCUT2D eigenvalue weighted by atomic mass is 9.84. The number of hydrogen-bond donors (Lipinski definition) is 6. The molecule has 18 nitrogen and oxygen atoms in total. The summed E-state index contributed by atoms with van der Waals surface area (Å²) in [4.78, 5) is 64.9. The van der Waals surface area contributed by atoms with Gasteiger partial charge in [0.05, 0.1) is 0 Å². The van der Waals surface area contributed by atoms with Crippen LogP contribution in [-0.4, -0.2) is 123 Å². The first kappa shape index (κ1) is 38.8. The Hall–Kier alpha value is -1.26. The maximum absolute atomic E-state index is 12.8. The van der Waals surface area contributed by atoms with Gasteiger partial charge in [-0.25, -0.2) is 0 Å². The van der Waals surface area contributed by atoms with Crippen LogP contribution >= 0.6 is 22.8 Å². The summed E-state index contributed by atoms with van der Waals surface area (Å²) in [5, 5.41) is 27.3. The lowest BCUT2D eigenvalue weighted by Gasteiger charge is -2.49. The fraction of sp³-hybridized carbons (Fsp3) is 0.857. The van der Waals surface area contributed by atoms with Gasteiger partial charge in [0.1, 0.15) is 55.1 Å². The molecule has 7 unspecified atom stereocenters.